The van der Waals surface area contributed by atoms with Gasteiger partial charge in [0.15, 0.2) is 0 Å². The Morgan fingerprint density at radius 1 is 1.24 bits per heavy atom. The highest BCUT2D eigenvalue weighted by molar-refractivity contribution is 5.95. The molecule has 1 amide bonds. The molecular weight excluding hydrogens is 284 g/mol. The SMILES string of the molecule is CN1CCCN(C(=O)c2cc(F)cc([N+](=O)[O-])c2F)CC1. The Hall–Kier alpha value is -2.09. The Labute approximate surface area is 120 Å². The van der Waals surface area contributed by atoms with Gasteiger partial charge in [0.25, 0.3) is 5.91 Å². The van der Waals surface area contributed by atoms with Crippen LogP contribution in [-0.4, -0.2) is 53.9 Å². The molecule has 1 aromatic carbocycles. The third kappa shape index (κ3) is 3.33. The van der Waals surface area contributed by atoms with Crippen LogP contribution < -0.4 is 0 Å². The molecule has 1 aliphatic heterocycles. The van der Waals surface area contributed by atoms with Crippen LogP contribution in [0.2, 0.25) is 0 Å². The lowest BCUT2D eigenvalue weighted by Gasteiger charge is -2.20. The molecule has 0 bridgehead atoms. The van der Waals surface area contributed by atoms with Gasteiger partial charge in [0.05, 0.1) is 16.6 Å². The lowest BCUT2D eigenvalue weighted by atomic mass is 10.1. The molecule has 0 aromatic heterocycles. The van der Waals surface area contributed by atoms with Crippen LogP contribution in [0.5, 0.6) is 0 Å². The first-order valence-corrected chi connectivity index (χ1v) is 6.51. The van der Waals surface area contributed by atoms with Crippen LogP contribution in [0.3, 0.4) is 0 Å². The van der Waals surface area contributed by atoms with Gasteiger partial charge in [0, 0.05) is 19.6 Å². The quantitative estimate of drug-likeness (QED) is 0.615. The molecule has 0 spiro atoms. The molecular formula is C13H15F2N3O3. The topological polar surface area (TPSA) is 66.7 Å². The van der Waals surface area contributed by atoms with Crippen molar-refractivity contribution in [3.05, 3.63) is 39.4 Å². The summed E-state index contributed by atoms with van der Waals surface area (Å²) in [5.74, 6) is -3.01. The Morgan fingerprint density at radius 3 is 2.62 bits per heavy atom. The van der Waals surface area contributed by atoms with E-state index in [1.807, 2.05) is 11.9 Å². The molecule has 0 saturated carbocycles. The van der Waals surface area contributed by atoms with Crippen molar-refractivity contribution in [2.75, 3.05) is 33.2 Å². The first kappa shape index (κ1) is 15.3. The summed E-state index contributed by atoms with van der Waals surface area (Å²) in [5, 5.41) is 10.7. The summed E-state index contributed by atoms with van der Waals surface area (Å²) in [6.45, 7) is 2.20. The predicted molar refractivity (Wildman–Crippen MR) is 71.0 cm³/mol. The molecule has 1 aliphatic rings. The number of nitro groups is 1. The second-order valence-electron chi connectivity index (χ2n) is 4.99. The Balaban J connectivity index is 2.32. The van der Waals surface area contributed by atoms with Gasteiger partial charge in [-0.1, -0.05) is 0 Å². The summed E-state index contributed by atoms with van der Waals surface area (Å²) < 4.78 is 27.4. The highest BCUT2D eigenvalue weighted by Crippen LogP contribution is 2.24. The molecule has 2 rings (SSSR count). The van der Waals surface area contributed by atoms with Gasteiger partial charge in [-0.15, -0.1) is 0 Å². The van der Waals surface area contributed by atoms with Crippen LogP contribution in [0.1, 0.15) is 16.8 Å². The van der Waals surface area contributed by atoms with Gasteiger partial charge < -0.3 is 9.80 Å². The standard InChI is InChI=1S/C13H15F2N3O3/c1-16-3-2-4-17(6-5-16)13(19)10-7-9(14)8-11(12(10)15)18(20)21/h7-8H,2-6H2,1H3. The van der Waals surface area contributed by atoms with E-state index in [-0.39, 0.29) is 0 Å². The zero-order chi connectivity index (χ0) is 15.6. The lowest BCUT2D eigenvalue weighted by molar-refractivity contribution is -0.387. The number of hydrogen-bond donors (Lipinski definition) is 0. The van der Waals surface area contributed by atoms with Crippen molar-refractivity contribution >= 4 is 11.6 Å². The number of rotatable bonds is 2. The molecule has 0 atom stereocenters. The first-order valence-electron chi connectivity index (χ1n) is 6.51. The Kier molecular flexibility index (Phi) is 4.46. The van der Waals surface area contributed by atoms with Crippen molar-refractivity contribution in [2.24, 2.45) is 0 Å². The summed E-state index contributed by atoms with van der Waals surface area (Å²) in [5.41, 5.74) is -1.61. The van der Waals surface area contributed by atoms with Gasteiger partial charge in [-0.25, -0.2) is 4.39 Å². The van der Waals surface area contributed by atoms with Gasteiger partial charge in [0.1, 0.15) is 5.82 Å². The monoisotopic (exact) mass is 299 g/mol. The lowest BCUT2D eigenvalue weighted by Crippen LogP contribution is -2.35. The van der Waals surface area contributed by atoms with E-state index in [4.69, 9.17) is 0 Å². The third-order valence-corrected chi connectivity index (χ3v) is 3.45. The van der Waals surface area contributed by atoms with Crippen LogP contribution in [-0.2, 0) is 0 Å². The minimum atomic E-state index is -1.29. The van der Waals surface area contributed by atoms with Crippen LogP contribution in [0.15, 0.2) is 12.1 Å². The third-order valence-electron chi connectivity index (χ3n) is 3.45. The van der Waals surface area contributed by atoms with Crippen molar-refractivity contribution in [1.29, 1.82) is 0 Å². The van der Waals surface area contributed by atoms with E-state index < -0.39 is 33.7 Å². The van der Waals surface area contributed by atoms with Gasteiger partial charge in [0.2, 0.25) is 5.82 Å². The predicted octanol–water partition coefficient (Wildman–Crippen LogP) is 1.65. The molecule has 21 heavy (non-hydrogen) atoms. The maximum Gasteiger partial charge on any atom is 0.308 e. The smallest absolute Gasteiger partial charge is 0.308 e. The summed E-state index contributed by atoms with van der Waals surface area (Å²) in [6, 6.07) is 1.18. The zero-order valence-corrected chi connectivity index (χ0v) is 11.5. The number of carbonyl (C=O) groups excluding carboxylic acids is 1. The molecule has 1 fully saturated rings. The van der Waals surface area contributed by atoms with E-state index in [0.29, 0.717) is 38.2 Å². The molecule has 0 radical (unpaired) electrons. The molecule has 0 unspecified atom stereocenters. The van der Waals surface area contributed by atoms with E-state index >= 15 is 0 Å². The molecule has 8 heteroatoms. The second kappa shape index (κ2) is 6.13. The van der Waals surface area contributed by atoms with Crippen LogP contribution in [0.4, 0.5) is 14.5 Å². The molecule has 0 aliphatic carbocycles. The fourth-order valence-corrected chi connectivity index (χ4v) is 2.28. The minimum absolute atomic E-state index is 0.374. The Bertz CT molecular complexity index is 580. The van der Waals surface area contributed by atoms with E-state index in [0.717, 1.165) is 6.54 Å². The largest absolute Gasteiger partial charge is 0.337 e. The maximum atomic E-state index is 14.0. The zero-order valence-electron chi connectivity index (χ0n) is 11.5. The average molecular weight is 299 g/mol. The maximum absolute atomic E-state index is 14.0. The van der Waals surface area contributed by atoms with Crippen molar-refractivity contribution in [3.63, 3.8) is 0 Å². The van der Waals surface area contributed by atoms with Crippen LogP contribution in [0, 0.1) is 21.7 Å². The number of nitro benzene ring substituents is 1. The van der Waals surface area contributed by atoms with Gasteiger partial charge in [-0.2, -0.15) is 4.39 Å². The second-order valence-corrected chi connectivity index (χ2v) is 4.99. The molecule has 0 N–H and O–H groups in total. The van der Waals surface area contributed by atoms with Crippen molar-refractivity contribution in [1.82, 2.24) is 9.80 Å². The molecule has 1 aromatic rings. The molecule has 1 heterocycles. The van der Waals surface area contributed by atoms with Crippen LogP contribution >= 0.6 is 0 Å². The van der Waals surface area contributed by atoms with Gasteiger partial charge in [-0.05, 0) is 26.1 Å². The highest BCUT2D eigenvalue weighted by atomic mass is 19.1. The summed E-state index contributed by atoms with van der Waals surface area (Å²) in [7, 11) is 1.90. The van der Waals surface area contributed by atoms with E-state index in [9.17, 15) is 23.7 Å². The first-order chi connectivity index (χ1) is 9.90. The fraction of sp³-hybridized carbons (Fsp3) is 0.462. The van der Waals surface area contributed by atoms with Crippen LogP contribution in [0.25, 0.3) is 0 Å². The van der Waals surface area contributed by atoms with Crippen molar-refractivity contribution in [3.8, 4) is 0 Å². The van der Waals surface area contributed by atoms with E-state index in [1.54, 1.807) is 0 Å². The summed E-state index contributed by atoms with van der Waals surface area (Å²) in [4.78, 5) is 25.4. The number of carbonyl (C=O) groups is 1. The van der Waals surface area contributed by atoms with Crippen molar-refractivity contribution in [2.45, 2.75) is 6.42 Å². The Morgan fingerprint density at radius 2 is 1.95 bits per heavy atom. The molecule has 114 valence electrons. The van der Waals surface area contributed by atoms with Gasteiger partial charge in [-0.3, -0.25) is 14.9 Å². The molecule has 1 saturated heterocycles. The average Bonchev–Trinajstić information content (AvgIpc) is 2.64. The summed E-state index contributed by atoms with van der Waals surface area (Å²) >= 11 is 0. The number of benzene rings is 1. The summed E-state index contributed by atoms with van der Waals surface area (Å²) in [6.07, 6.45) is 0.710. The normalized spacial score (nSPS) is 16.6. The van der Waals surface area contributed by atoms with Gasteiger partial charge >= 0.3 is 5.69 Å². The fourth-order valence-electron chi connectivity index (χ4n) is 2.28. The number of nitrogens with zero attached hydrogens (tertiary/aromatic N) is 3. The number of amides is 1. The molecule has 6 nitrogen and oxygen atoms in total. The van der Waals surface area contributed by atoms with Crippen molar-refractivity contribution < 1.29 is 18.5 Å². The number of halogens is 2. The van der Waals surface area contributed by atoms with E-state index in [1.165, 1.54) is 4.90 Å². The number of hydrogen-bond acceptors (Lipinski definition) is 4. The minimum Gasteiger partial charge on any atom is -0.337 e. The number of likely N-dealkylation sites (N-methyl/N-ethyl adjacent to an activating group) is 1. The van der Waals surface area contributed by atoms with E-state index in [2.05, 4.69) is 0 Å². The highest BCUT2D eigenvalue weighted by Gasteiger charge is 2.27.